The molecule has 2 unspecified atom stereocenters. The van der Waals surface area contributed by atoms with E-state index in [1.54, 1.807) is 0 Å². The first-order chi connectivity index (χ1) is 6.02. The molecule has 0 aromatic carbocycles. The summed E-state index contributed by atoms with van der Waals surface area (Å²) in [6, 6.07) is 0.454. The molecule has 13 heavy (non-hydrogen) atoms. The Morgan fingerprint density at radius 1 is 1.23 bits per heavy atom. The van der Waals surface area contributed by atoms with Crippen molar-refractivity contribution in [3.05, 3.63) is 0 Å². The van der Waals surface area contributed by atoms with E-state index in [1.807, 2.05) is 13.8 Å². The van der Waals surface area contributed by atoms with Crippen LogP contribution in [0.15, 0.2) is 0 Å². The quantitative estimate of drug-likeness (QED) is 0.714. The molecule has 0 bridgehead atoms. The van der Waals surface area contributed by atoms with Crippen molar-refractivity contribution >= 4 is 5.91 Å². The van der Waals surface area contributed by atoms with Crippen molar-refractivity contribution in [3.8, 4) is 0 Å². The minimum atomic E-state index is 0.119. The highest BCUT2D eigenvalue weighted by molar-refractivity contribution is 5.78. The SMILES string of the molecule is CC(C)C(=O)NC1CCC1C(C)C. The van der Waals surface area contributed by atoms with Gasteiger partial charge in [0.15, 0.2) is 0 Å². The van der Waals surface area contributed by atoms with E-state index >= 15 is 0 Å². The lowest BCUT2D eigenvalue weighted by molar-refractivity contribution is -0.126. The van der Waals surface area contributed by atoms with Crippen molar-refractivity contribution in [2.75, 3.05) is 0 Å². The Hall–Kier alpha value is -0.530. The Kier molecular flexibility index (Phi) is 3.34. The summed E-state index contributed by atoms with van der Waals surface area (Å²) in [5.41, 5.74) is 0. The van der Waals surface area contributed by atoms with Gasteiger partial charge in [-0.05, 0) is 24.7 Å². The van der Waals surface area contributed by atoms with E-state index in [2.05, 4.69) is 19.2 Å². The summed E-state index contributed by atoms with van der Waals surface area (Å²) in [7, 11) is 0. The number of carbonyl (C=O) groups excluding carboxylic acids is 1. The lowest BCUT2D eigenvalue weighted by Gasteiger charge is -2.40. The van der Waals surface area contributed by atoms with Gasteiger partial charge in [-0.2, -0.15) is 0 Å². The second-order valence-corrected chi connectivity index (χ2v) is 4.76. The zero-order valence-corrected chi connectivity index (χ0v) is 9.13. The molecule has 1 saturated carbocycles. The number of rotatable bonds is 3. The molecule has 1 aliphatic rings. The highest BCUT2D eigenvalue weighted by atomic mass is 16.1. The first kappa shape index (κ1) is 10.6. The van der Waals surface area contributed by atoms with Crippen molar-refractivity contribution in [1.82, 2.24) is 5.32 Å². The fourth-order valence-corrected chi connectivity index (χ4v) is 1.85. The summed E-state index contributed by atoms with van der Waals surface area (Å²) in [5, 5.41) is 3.11. The molecule has 0 aromatic rings. The topological polar surface area (TPSA) is 29.1 Å². The second-order valence-electron chi connectivity index (χ2n) is 4.76. The number of hydrogen-bond acceptors (Lipinski definition) is 1. The summed E-state index contributed by atoms with van der Waals surface area (Å²) in [5.74, 6) is 1.73. The van der Waals surface area contributed by atoms with Gasteiger partial charge in [0.05, 0.1) is 0 Å². The molecule has 0 radical (unpaired) electrons. The van der Waals surface area contributed by atoms with Gasteiger partial charge in [0.2, 0.25) is 5.91 Å². The number of hydrogen-bond donors (Lipinski definition) is 1. The van der Waals surface area contributed by atoms with Gasteiger partial charge in [0.25, 0.3) is 0 Å². The normalized spacial score (nSPS) is 27.5. The van der Waals surface area contributed by atoms with Crippen molar-refractivity contribution in [1.29, 1.82) is 0 Å². The van der Waals surface area contributed by atoms with E-state index in [0.29, 0.717) is 17.9 Å². The first-order valence-electron chi connectivity index (χ1n) is 5.32. The van der Waals surface area contributed by atoms with Gasteiger partial charge >= 0.3 is 0 Å². The Bertz CT molecular complexity index is 187. The van der Waals surface area contributed by atoms with E-state index in [0.717, 1.165) is 0 Å². The third-order valence-corrected chi connectivity index (χ3v) is 3.04. The average Bonchev–Trinajstić information content (AvgIpc) is 1.95. The summed E-state index contributed by atoms with van der Waals surface area (Å²) in [6.45, 7) is 8.35. The summed E-state index contributed by atoms with van der Waals surface area (Å²) in [4.78, 5) is 11.4. The Morgan fingerprint density at radius 3 is 2.15 bits per heavy atom. The highest BCUT2D eigenvalue weighted by Crippen LogP contribution is 2.33. The molecule has 1 aliphatic carbocycles. The molecule has 0 saturated heterocycles. The predicted molar refractivity (Wildman–Crippen MR) is 54.3 cm³/mol. The van der Waals surface area contributed by atoms with Crippen LogP contribution in [0.2, 0.25) is 0 Å². The number of nitrogens with one attached hydrogen (secondary N) is 1. The predicted octanol–water partition coefficient (Wildman–Crippen LogP) is 2.19. The standard InChI is InChI=1S/C11H21NO/c1-7(2)9-5-6-10(9)12-11(13)8(3)4/h7-10H,5-6H2,1-4H3,(H,12,13). The van der Waals surface area contributed by atoms with Gasteiger partial charge in [-0.25, -0.2) is 0 Å². The minimum absolute atomic E-state index is 0.119. The van der Waals surface area contributed by atoms with E-state index < -0.39 is 0 Å². The Balaban J connectivity index is 2.34. The van der Waals surface area contributed by atoms with Gasteiger partial charge in [-0.15, -0.1) is 0 Å². The monoisotopic (exact) mass is 183 g/mol. The van der Waals surface area contributed by atoms with Crippen LogP contribution < -0.4 is 5.32 Å². The Labute approximate surface area is 81.1 Å². The fraction of sp³-hybridized carbons (Fsp3) is 0.909. The molecule has 2 heteroatoms. The van der Waals surface area contributed by atoms with Gasteiger partial charge < -0.3 is 5.32 Å². The zero-order valence-electron chi connectivity index (χ0n) is 9.13. The second kappa shape index (κ2) is 4.12. The maximum atomic E-state index is 11.4. The third-order valence-electron chi connectivity index (χ3n) is 3.04. The van der Waals surface area contributed by atoms with Crippen molar-refractivity contribution in [2.24, 2.45) is 17.8 Å². The van der Waals surface area contributed by atoms with E-state index in [4.69, 9.17) is 0 Å². The van der Waals surface area contributed by atoms with Crippen LogP contribution in [0, 0.1) is 17.8 Å². The molecule has 76 valence electrons. The molecule has 1 fully saturated rings. The summed E-state index contributed by atoms with van der Waals surface area (Å²) >= 11 is 0. The van der Waals surface area contributed by atoms with Crippen LogP contribution in [0.5, 0.6) is 0 Å². The molecule has 2 atom stereocenters. The van der Waals surface area contributed by atoms with Crippen molar-refractivity contribution < 1.29 is 4.79 Å². The lowest BCUT2D eigenvalue weighted by Crippen LogP contribution is -2.49. The van der Waals surface area contributed by atoms with Crippen LogP contribution >= 0.6 is 0 Å². The minimum Gasteiger partial charge on any atom is -0.353 e. The smallest absolute Gasteiger partial charge is 0.222 e. The van der Waals surface area contributed by atoms with Gasteiger partial charge in [0, 0.05) is 12.0 Å². The number of carbonyl (C=O) groups is 1. The molecular weight excluding hydrogens is 162 g/mol. The third kappa shape index (κ3) is 2.45. The molecule has 0 spiro atoms. The molecule has 1 amide bonds. The van der Waals surface area contributed by atoms with E-state index in [-0.39, 0.29) is 11.8 Å². The van der Waals surface area contributed by atoms with E-state index in [9.17, 15) is 4.79 Å². The molecule has 0 aromatic heterocycles. The molecule has 0 heterocycles. The molecule has 2 nitrogen and oxygen atoms in total. The van der Waals surface area contributed by atoms with Crippen LogP contribution in [0.3, 0.4) is 0 Å². The van der Waals surface area contributed by atoms with Crippen LogP contribution in [-0.4, -0.2) is 11.9 Å². The van der Waals surface area contributed by atoms with E-state index in [1.165, 1.54) is 12.8 Å². The van der Waals surface area contributed by atoms with Gasteiger partial charge in [0.1, 0.15) is 0 Å². The maximum absolute atomic E-state index is 11.4. The van der Waals surface area contributed by atoms with Crippen LogP contribution in [0.25, 0.3) is 0 Å². The largest absolute Gasteiger partial charge is 0.353 e. The van der Waals surface area contributed by atoms with Crippen molar-refractivity contribution in [3.63, 3.8) is 0 Å². The maximum Gasteiger partial charge on any atom is 0.222 e. The van der Waals surface area contributed by atoms with Gasteiger partial charge in [-0.3, -0.25) is 4.79 Å². The van der Waals surface area contributed by atoms with Crippen molar-refractivity contribution in [2.45, 2.75) is 46.6 Å². The van der Waals surface area contributed by atoms with Crippen LogP contribution in [0.4, 0.5) is 0 Å². The van der Waals surface area contributed by atoms with Gasteiger partial charge in [-0.1, -0.05) is 27.7 Å². The van der Waals surface area contributed by atoms with Crippen LogP contribution in [0.1, 0.15) is 40.5 Å². The molecular formula is C11H21NO. The first-order valence-corrected chi connectivity index (χ1v) is 5.32. The number of amides is 1. The molecule has 0 aliphatic heterocycles. The Morgan fingerprint density at radius 2 is 1.85 bits per heavy atom. The molecule has 1 rings (SSSR count). The van der Waals surface area contributed by atoms with Crippen LogP contribution in [-0.2, 0) is 4.79 Å². The highest BCUT2D eigenvalue weighted by Gasteiger charge is 2.34. The lowest BCUT2D eigenvalue weighted by atomic mass is 9.72. The summed E-state index contributed by atoms with van der Waals surface area (Å²) < 4.78 is 0. The molecule has 1 N–H and O–H groups in total. The summed E-state index contributed by atoms with van der Waals surface area (Å²) in [6.07, 6.45) is 2.45. The zero-order chi connectivity index (χ0) is 10.0. The fourth-order valence-electron chi connectivity index (χ4n) is 1.85. The average molecular weight is 183 g/mol.